The van der Waals surface area contributed by atoms with Gasteiger partial charge in [-0.15, -0.1) is 0 Å². The van der Waals surface area contributed by atoms with Crippen LogP contribution in [0.4, 0.5) is 0 Å². The van der Waals surface area contributed by atoms with Crippen molar-refractivity contribution in [3.8, 4) is 0 Å². The largest absolute Gasteiger partial charge is 0.462 e. The van der Waals surface area contributed by atoms with Gasteiger partial charge in [-0.25, -0.2) is 0 Å². The van der Waals surface area contributed by atoms with Crippen LogP contribution in [0.2, 0.25) is 0 Å². The molecule has 0 unspecified atom stereocenters. The molecule has 0 atom stereocenters. The summed E-state index contributed by atoms with van der Waals surface area (Å²) in [6.07, 6.45) is 2.76. The lowest BCUT2D eigenvalue weighted by molar-refractivity contribution is 0.181. The van der Waals surface area contributed by atoms with Gasteiger partial charge in [0.25, 0.3) is 0 Å². The third kappa shape index (κ3) is 3.09. The van der Waals surface area contributed by atoms with Gasteiger partial charge in [0.2, 0.25) is 0 Å². The van der Waals surface area contributed by atoms with E-state index in [1.807, 2.05) is 12.1 Å². The number of rotatable bonds is 6. The molecule has 0 radical (unpaired) electrons. The van der Waals surface area contributed by atoms with E-state index in [1.165, 1.54) is 19.4 Å². The topological polar surface area (TPSA) is 36.6 Å². The van der Waals surface area contributed by atoms with E-state index in [1.54, 1.807) is 0 Å². The summed E-state index contributed by atoms with van der Waals surface area (Å²) in [6, 6.07) is 4.36. The Morgan fingerprint density at radius 2 is 2.06 bits per heavy atom. The molecule has 1 aliphatic carbocycles. The number of hydrogen-bond donors (Lipinski definition) is 1. The third-order valence-corrected chi connectivity index (χ3v) is 3.15. The van der Waals surface area contributed by atoms with Crippen LogP contribution in [0.3, 0.4) is 0 Å². The molecule has 16 heavy (non-hydrogen) atoms. The summed E-state index contributed by atoms with van der Waals surface area (Å²) in [4.78, 5) is 2.44. The first-order valence-electron chi connectivity index (χ1n) is 6.11. The van der Waals surface area contributed by atoms with Crippen molar-refractivity contribution in [2.75, 3.05) is 6.54 Å². The highest BCUT2D eigenvalue weighted by atomic mass is 16.4. The van der Waals surface area contributed by atoms with Crippen LogP contribution in [-0.4, -0.2) is 22.6 Å². The first kappa shape index (κ1) is 11.7. The van der Waals surface area contributed by atoms with Gasteiger partial charge >= 0.3 is 0 Å². The SMILES string of the molecule is CC(C)N(Cc1ccc(CO)o1)CC1CC1. The zero-order chi connectivity index (χ0) is 11.5. The molecule has 3 nitrogen and oxygen atoms in total. The van der Waals surface area contributed by atoms with Crippen LogP contribution in [0.25, 0.3) is 0 Å². The summed E-state index contributed by atoms with van der Waals surface area (Å²) in [5, 5.41) is 8.94. The molecule has 0 bridgehead atoms. The molecule has 1 aliphatic rings. The fourth-order valence-electron chi connectivity index (χ4n) is 1.88. The van der Waals surface area contributed by atoms with Crippen molar-refractivity contribution in [1.29, 1.82) is 0 Å². The van der Waals surface area contributed by atoms with E-state index in [0.717, 1.165) is 18.2 Å². The van der Waals surface area contributed by atoms with Gasteiger partial charge in [0, 0.05) is 12.6 Å². The number of furan rings is 1. The van der Waals surface area contributed by atoms with E-state index in [4.69, 9.17) is 9.52 Å². The molecule has 1 aromatic rings. The molecule has 0 amide bonds. The molecule has 0 saturated heterocycles. The van der Waals surface area contributed by atoms with E-state index < -0.39 is 0 Å². The Morgan fingerprint density at radius 3 is 2.56 bits per heavy atom. The standard InChI is InChI=1S/C13H21NO2/c1-10(2)14(7-11-3-4-11)8-12-5-6-13(9-15)16-12/h5-6,10-11,15H,3-4,7-9H2,1-2H3. The van der Waals surface area contributed by atoms with Crippen LogP contribution < -0.4 is 0 Å². The van der Waals surface area contributed by atoms with Gasteiger partial charge in [0.05, 0.1) is 6.54 Å². The Kier molecular flexibility index (Phi) is 3.66. The van der Waals surface area contributed by atoms with Gasteiger partial charge in [-0.1, -0.05) is 0 Å². The molecular weight excluding hydrogens is 202 g/mol. The molecule has 1 heterocycles. The molecule has 0 aromatic carbocycles. The number of hydrogen-bond acceptors (Lipinski definition) is 3. The lowest BCUT2D eigenvalue weighted by atomic mass is 10.2. The van der Waals surface area contributed by atoms with Gasteiger partial charge in [0.15, 0.2) is 0 Å². The average molecular weight is 223 g/mol. The second-order valence-electron chi connectivity index (χ2n) is 4.99. The van der Waals surface area contributed by atoms with Crippen LogP contribution in [0.5, 0.6) is 0 Å². The quantitative estimate of drug-likeness (QED) is 0.804. The number of aliphatic hydroxyl groups excluding tert-OH is 1. The minimum atomic E-state index is -0.00962. The number of nitrogens with zero attached hydrogens (tertiary/aromatic N) is 1. The summed E-state index contributed by atoms with van der Waals surface area (Å²) >= 11 is 0. The van der Waals surface area contributed by atoms with Crippen LogP contribution in [0.1, 0.15) is 38.2 Å². The fraction of sp³-hybridized carbons (Fsp3) is 0.692. The normalized spacial score (nSPS) is 16.3. The fourth-order valence-corrected chi connectivity index (χ4v) is 1.88. The second-order valence-corrected chi connectivity index (χ2v) is 4.99. The molecule has 1 fully saturated rings. The molecule has 90 valence electrons. The highest BCUT2D eigenvalue weighted by molar-refractivity contribution is 5.06. The van der Waals surface area contributed by atoms with Crippen molar-refractivity contribution >= 4 is 0 Å². The van der Waals surface area contributed by atoms with Crippen LogP contribution in [0.15, 0.2) is 16.5 Å². The number of aliphatic hydroxyl groups is 1. The van der Waals surface area contributed by atoms with E-state index >= 15 is 0 Å². The van der Waals surface area contributed by atoms with Gasteiger partial charge in [-0.05, 0) is 44.7 Å². The highest BCUT2D eigenvalue weighted by Gasteiger charge is 2.25. The maximum atomic E-state index is 8.94. The van der Waals surface area contributed by atoms with Crippen molar-refractivity contribution in [1.82, 2.24) is 4.90 Å². The van der Waals surface area contributed by atoms with E-state index in [-0.39, 0.29) is 6.61 Å². The maximum Gasteiger partial charge on any atom is 0.129 e. The highest BCUT2D eigenvalue weighted by Crippen LogP contribution is 2.30. The molecule has 1 saturated carbocycles. The molecular formula is C13H21NO2. The zero-order valence-corrected chi connectivity index (χ0v) is 10.1. The first-order valence-corrected chi connectivity index (χ1v) is 6.11. The molecule has 0 aliphatic heterocycles. The predicted octanol–water partition coefficient (Wildman–Crippen LogP) is 2.39. The second kappa shape index (κ2) is 5.02. The van der Waals surface area contributed by atoms with Gasteiger partial charge in [-0.2, -0.15) is 0 Å². The van der Waals surface area contributed by atoms with Crippen LogP contribution >= 0.6 is 0 Å². The molecule has 2 rings (SSSR count). The molecule has 0 spiro atoms. The van der Waals surface area contributed by atoms with Crippen LogP contribution in [0, 0.1) is 5.92 Å². The minimum absolute atomic E-state index is 0.00962. The molecule has 3 heteroatoms. The van der Waals surface area contributed by atoms with E-state index in [0.29, 0.717) is 11.8 Å². The summed E-state index contributed by atoms with van der Waals surface area (Å²) in [7, 11) is 0. The van der Waals surface area contributed by atoms with Crippen molar-refractivity contribution < 1.29 is 9.52 Å². The van der Waals surface area contributed by atoms with Gasteiger partial charge < -0.3 is 9.52 Å². The zero-order valence-electron chi connectivity index (χ0n) is 10.1. The minimum Gasteiger partial charge on any atom is -0.462 e. The summed E-state index contributed by atoms with van der Waals surface area (Å²) < 4.78 is 5.52. The average Bonchev–Trinajstić information content (AvgIpc) is 2.95. The van der Waals surface area contributed by atoms with E-state index in [2.05, 4.69) is 18.7 Å². The van der Waals surface area contributed by atoms with Gasteiger partial charge in [0.1, 0.15) is 18.1 Å². The summed E-state index contributed by atoms with van der Waals surface area (Å²) in [5.41, 5.74) is 0. The Labute approximate surface area is 97.1 Å². The Morgan fingerprint density at radius 1 is 1.38 bits per heavy atom. The third-order valence-electron chi connectivity index (χ3n) is 3.15. The summed E-state index contributed by atoms with van der Waals surface area (Å²) in [6.45, 7) is 6.46. The molecule has 1 N–H and O–H groups in total. The maximum absolute atomic E-state index is 8.94. The van der Waals surface area contributed by atoms with Crippen molar-refractivity contribution in [2.45, 2.75) is 45.9 Å². The molecule has 1 aromatic heterocycles. The lowest BCUT2D eigenvalue weighted by Gasteiger charge is -2.25. The van der Waals surface area contributed by atoms with Gasteiger partial charge in [-0.3, -0.25) is 4.90 Å². The predicted molar refractivity (Wildman–Crippen MR) is 62.9 cm³/mol. The smallest absolute Gasteiger partial charge is 0.129 e. The first-order chi connectivity index (χ1) is 7.69. The Hall–Kier alpha value is -0.800. The van der Waals surface area contributed by atoms with Crippen molar-refractivity contribution in [3.05, 3.63) is 23.7 Å². The summed E-state index contributed by atoms with van der Waals surface area (Å²) in [5.74, 6) is 2.51. The monoisotopic (exact) mass is 223 g/mol. The van der Waals surface area contributed by atoms with E-state index in [9.17, 15) is 0 Å². The van der Waals surface area contributed by atoms with Crippen molar-refractivity contribution in [2.24, 2.45) is 5.92 Å². The Bertz CT molecular complexity index is 328. The lowest BCUT2D eigenvalue weighted by Crippen LogP contribution is -2.32. The van der Waals surface area contributed by atoms with Crippen LogP contribution in [-0.2, 0) is 13.2 Å². The van der Waals surface area contributed by atoms with Crippen molar-refractivity contribution in [3.63, 3.8) is 0 Å². The Balaban J connectivity index is 1.92.